The third kappa shape index (κ3) is 7.44. The topological polar surface area (TPSA) is 0 Å². The Balaban J connectivity index is 3.98. The maximum absolute atomic E-state index is 2.49. The van der Waals surface area contributed by atoms with E-state index in [0.29, 0.717) is 5.41 Å². The zero-order valence-electron chi connectivity index (χ0n) is 14.0. The normalized spacial score (nSPS) is 15.7. The molecule has 0 rings (SSSR count). The standard InChI is InChI=1S/C18H38/c1-7-9-11-13-15-18(5,6)17(4)16(3)14-12-10-8-2/h16-17H,7-15H2,1-6H3. The quantitative estimate of drug-likeness (QED) is 0.354. The van der Waals surface area contributed by atoms with Crippen LogP contribution in [0.1, 0.15) is 99.3 Å². The molecule has 110 valence electrons. The predicted molar refractivity (Wildman–Crippen MR) is 85.0 cm³/mol. The van der Waals surface area contributed by atoms with Gasteiger partial charge in [-0.15, -0.1) is 0 Å². The first kappa shape index (κ1) is 18.0. The minimum Gasteiger partial charge on any atom is -0.0654 e. The zero-order chi connectivity index (χ0) is 14.0. The second-order valence-electron chi connectivity index (χ2n) is 7.06. The van der Waals surface area contributed by atoms with Gasteiger partial charge in [0.1, 0.15) is 0 Å². The van der Waals surface area contributed by atoms with Gasteiger partial charge < -0.3 is 0 Å². The third-order valence-corrected chi connectivity index (χ3v) is 5.02. The molecule has 0 aliphatic rings. The third-order valence-electron chi connectivity index (χ3n) is 5.02. The molecule has 0 aliphatic heterocycles. The summed E-state index contributed by atoms with van der Waals surface area (Å²) < 4.78 is 0. The molecule has 0 bridgehead atoms. The predicted octanol–water partition coefficient (Wildman–Crippen LogP) is 6.84. The van der Waals surface area contributed by atoms with Crippen LogP contribution in [0.4, 0.5) is 0 Å². The summed E-state index contributed by atoms with van der Waals surface area (Å²) in [4.78, 5) is 0. The van der Waals surface area contributed by atoms with Crippen LogP contribution in [0.15, 0.2) is 0 Å². The SMILES string of the molecule is CCCCCCC(C)(C)C(C)C(C)CCCCC. The molecule has 0 nitrogen and oxygen atoms in total. The molecule has 0 saturated carbocycles. The van der Waals surface area contributed by atoms with Crippen molar-refractivity contribution in [2.45, 2.75) is 99.3 Å². The average Bonchev–Trinajstić information content (AvgIpc) is 2.34. The fourth-order valence-electron chi connectivity index (χ4n) is 2.97. The molecule has 2 atom stereocenters. The molecule has 0 radical (unpaired) electrons. The minimum atomic E-state index is 0.527. The lowest BCUT2D eigenvalue weighted by atomic mass is 9.69. The molecule has 2 unspecified atom stereocenters. The van der Waals surface area contributed by atoms with Crippen molar-refractivity contribution in [2.24, 2.45) is 17.3 Å². The average molecular weight is 255 g/mol. The molecule has 0 heterocycles. The van der Waals surface area contributed by atoms with E-state index >= 15 is 0 Å². The van der Waals surface area contributed by atoms with Crippen molar-refractivity contribution in [2.75, 3.05) is 0 Å². The van der Waals surface area contributed by atoms with Gasteiger partial charge >= 0.3 is 0 Å². The molecule has 18 heavy (non-hydrogen) atoms. The van der Waals surface area contributed by atoms with E-state index in [1.807, 2.05) is 0 Å². The fraction of sp³-hybridized carbons (Fsp3) is 1.00. The summed E-state index contributed by atoms with van der Waals surface area (Å²) in [5.41, 5.74) is 0.527. The van der Waals surface area contributed by atoms with Gasteiger partial charge in [-0.25, -0.2) is 0 Å². The Labute approximate surface area is 117 Å². The maximum Gasteiger partial charge on any atom is -0.0326 e. The van der Waals surface area contributed by atoms with Crippen molar-refractivity contribution in [1.82, 2.24) is 0 Å². The highest BCUT2D eigenvalue weighted by molar-refractivity contribution is 4.79. The van der Waals surface area contributed by atoms with Crippen LogP contribution >= 0.6 is 0 Å². The highest BCUT2D eigenvalue weighted by Crippen LogP contribution is 2.38. The van der Waals surface area contributed by atoms with Crippen molar-refractivity contribution in [1.29, 1.82) is 0 Å². The second kappa shape index (κ2) is 9.87. The van der Waals surface area contributed by atoms with Crippen LogP contribution in [0, 0.1) is 17.3 Å². The molecular weight excluding hydrogens is 216 g/mol. The second-order valence-corrected chi connectivity index (χ2v) is 7.06. The molecule has 0 fully saturated rings. The van der Waals surface area contributed by atoms with Crippen LogP contribution in [-0.4, -0.2) is 0 Å². The number of unbranched alkanes of at least 4 members (excludes halogenated alkanes) is 5. The van der Waals surface area contributed by atoms with Crippen molar-refractivity contribution in [3.05, 3.63) is 0 Å². The Bertz CT molecular complexity index is 180. The van der Waals surface area contributed by atoms with E-state index in [1.54, 1.807) is 0 Å². The van der Waals surface area contributed by atoms with E-state index in [4.69, 9.17) is 0 Å². The first-order valence-electron chi connectivity index (χ1n) is 8.45. The smallest absolute Gasteiger partial charge is 0.0326 e. The van der Waals surface area contributed by atoms with Gasteiger partial charge in [-0.1, -0.05) is 92.9 Å². The van der Waals surface area contributed by atoms with Crippen molar-refractivity contribution in [3.63, 3.8) is 0 Å². The molecule has 0 saturated heterocycles. The van der Waals surface area contributed by atoms with Gasteiger partial charge in [-0.3, -0.25) is 0 Å². The summed E-state index contributed by atoms with van der Waals surface area (Å²) in [6.07, 6.45) is 12.6. The molecular formula is C18H38. The molecule has 0 aliphatic carbocycles. The van der Waals surface area contributed by atoms with Crippen LogP contribution in [0.3, 0.4) is 0 Å². The zero-order valence-corrected chi connectivity index (χ0v) is 14.0. The Hall–Kier alpha value is 0. The van der Waals surface area contributed by atoms with Gasteiger partial charge in [-0.05, 0) is 23.7 Å². The van der Waals surface area contributed by atoms with E-state index in [1.165, 1.54) is 57.8 Å². The van der Waals surface area contributed by atoms with E-state index in [9.17, 15) is 0 Å². The van der Waals surface area contributed by atoms with Crippen molar-refractivity contribution < 1.29 is 0 Å². The molecule has 0 aromatic rings. The maximum atomic E-state index is 2.49. The molecule has 0 heteroatoms. The lowest BCUT2D eigenvalue weighted by Gasteiger charge is -2.36. The van der Waals surface area contributed by atoms with Gasteiger partial charge in [0.05, 0.1) is 0 Å². The largest absolute Gasteiger partial charge is 0.0654 e. The lowest BCUT2D eigenvalue weighted by Crippen LogP contribution is -2.27. The van der Waals surface area contributed by atoms with E-state index in [2.05, 4.69) is 41.5 Å². The first-order valence-corrected chi connectivity index (χ1v) is 8.45. The van der Waals surface area contributed by atoms with E-state index < -0.39 is 0 Å². The summed E-state index contributed by atoms with van der Waals surface area (Å²) in [6, 6.07) is 0. The molecule has 0 N–H and O–H groups in total. The van der Waals surface area contributed by atoms with Gasteiger partial charge in [0, 0.05) is 0 Å². The highest BCUT2D eigenvalue weighted by Gasteiger charge is 2.28. The number of rotatable bonds is 11. The van der Waals surface area contributed by atoms with E-state index in [-0.39, 0.29) is 0 Å². The van der Waals surface area contributed by atoms with E-state index in [0.717, 1.165) is 11.8 Å². The van der Waals surface area contributed by atoms with Crippen LogP contribution in [0.5, 0.6) is 0 Å². The van der Waals surface area contributed by atoms with Gasteiger partial charge in [0.25, 0.3) is 0 Å². The summed E-state index contributed by atoms with van der Waals surface area (Å²) in [5.74, 6) is 1.74. The summed E-state index contributed by atoms with van der Waals surface area (Å²) in [6.45, 7) is 14.5. The highest BCUT2D eigenvalue weighted by atomic mass is 14.3. The Morgan fingerprint density at radius 2 is 1.33 bits per heavy atom. The monoisotopic (exact) mass is 254 g/mol. The van der Waals surface area contributed by atoms with Crippen LogP contribution < -0.4 is 0 Å². The Morgan fingerprint density at radius 3 is 1.89 bits per heavy atom. The van der Waals surface area contributed by atoms with Crippen molar-refractivity contribution >= 4 is 0 Å². The molecule has 0 aromatic heterocycles. The summed E-state index contributed by atoms with van der Waals surface area (Å²) >= 11 is 0. The van der Waals surface area contributed by atoms with Crippen molar-refractivity contribution in [3.8, 4) is 0 Å². The molecule has 0 spiro atoms. The molecule has 0 aromatic carbocycles. The van der Waals surface area contributed by atoms with Gasteiger partial charge in [0.15, 0.2) is 0 Å². The number of hydrogen-bond acceptors (Lipinski definition) is 0. The minimum absolute atomic E-state index is 0.527. The summed E-state index contributed by atoms with van der Waals surface area (Å²) in [7, 11) is 0. The summed E-state index contributed by atoms with van der Waals surface area (Å²) in [5, 5.41) is 0. The Morgan fingerprint density at radius 1 is 0.778 bits per heavy atom. The Kier molecular flexibility index (Phi) is 9.87. The lowest BCUT2D eigenvalue weighted by molar-refractivity contribution is 0.140. The van der Waals surface area contributed by atoms with Gasteiger partial charge in [-0.2, -0.15) is 0 Å². The number of hydrogen-bond donors (Lipinski definition) is 0. The fourth-order valence-corrected chi connectivity index (χ4v) is 2.97. The molecule has 0 amide bonds. The van der Waals surface area contributed by atoms with Crippen LogP contribution in [0.25, 0.3) is 0 Å². The first-order chi connectivity index (χ1) is 8.45. The van der Waals surface area contributed by atoms with Gasteiger partial charge in [0.2, 0.25) is 0 Å². The van der Waals surface area contributed by atoms with Crippen LogP contribution in [-0.2, 0) is 0 Å². The van der Waals surface area contributed by atoms with Crippen LogP contribution in [0.2, 0.25) is 0 Å².